The maximum Gasteiger partial charge on any atom is 0.330 e. The molecule has 0 radical (unpaired) electrons. The third-order valence-corrected chi connectivity index (χ3v) is 5.95. The van der Waals surface area contributed by atoms with Crippen LogP contribution >= 0.6 is 30.8 Å². The van der Waals surface area contributed by atoms with E-state index >= 15 is 0 Å². The van der Waals surface area contributed by atoms with Crippen molar-refractivity contribution < 1.29 is 23.2 Å². The van der Waals surface area contributed by atoms with Crippen LogP contribution in [0.1, 0.15) is 37.0 Å². The first kappa shape index (κ1) is 22.9. The van der Waals surface area contributed by atoms with Gasteiger partial charge in [-0.05, 0) is 32.4 Å². The standard InChI is InChI=1S/C16H23Cl2N2O5P/c1-4-24-26(23,25-5-2)8-6-7-14(21)20-13-10-11(17)9-12(18)15(13)16(22)19-3/h9-10H,4-8H2,1-3H3,(H,19,22)(H,20,21). The van der Waals surface area contributed by atoms with Crippen LogP contribution in [0.3, 0.4) is 0 Å². The molecule has 0 atom stereocenters. The number of hydrogen-bond donors (Lipinski definition) is 2. The molecule has 0 fully saturated rings. The summed E-state index contributed by atoms with van der Waals surface area (Å²) < 4.78 is 22.7. The first-order valence-electron chi connectivity index (χ1n) is 8.15. The van der Waals surface area contributed by atoms with Gasteiger partial charge in [-0.2, -0.15) is 0 Å². The van der Waals surface area contributed by atoms with E-state index in [1.807, 2.05) is 0 Å². The van der Waals surface area contributed by atoms with E-state index in [1.54, 1.807) is 13.8 Å². The van der Waals surface area contributed by atoms with Crippen molar-refractivity contribution in [2.45, 2.75) is 26.7 Å². The number of benzene rings is 1. The molecule has 0 aromatic heterocycles. The molecule has 1 rings (SSSR count). The van der Waals surface area contributed by atoms with Crippen LogP contribution in [0.5, 0.6) is 0 Å². The van der Waals surface area contributed by atoms with E-state index in [0.717, 1.165) is 0 Å². The van der Waals surface area contributed by atoms with Gasteiger partial charge < -0.3 is 19.7 Å². The fourth-order valence-corrected chi connectivity index (χ4v) is 4.48. The number of amides is 2. The van der Waals surface area contributed by atoms with Gasteiger partial charge in [-0.15, -0.1) is 0 Å². The predicted molar refractivity (Wildman–Crippen MR) is 103 cm³/mol. The number of anilines is 1. The third kappa shape index (κ3) is 6.89. The second kappa shape index (κ2) is 10.9. The molecular formula is C16H23Cl2N2O5P. The van der Waals surface area contributed by atoms with Crippen LogP contribution in [-0.4, -0.2) is 38.2 Å². The van der Waals surface area contributed by atoms with Crippen LogP contribution in [-0.2, 0) is 18.4 Å². The minimum atomic E-state index is -3.19. The number of rotatable bonds is 10. The van der Waals surface area contributed by atoms with E-state index < -0.39 is 13.5 Å². The van der Waals surface area contributed by atoms with Crippen molar-refractivity contribution >= 4 is 48.3 Å². The maximum atomic E-state index is 12.4. The van der Waals surface area contributed by atoms with Crippen molar-refractivity contribution in [3.63, 3.8) is 0 Å². The molecule has 0 heterocycles. The monoisotopic (exact) mass is 424 g/mol. The molecule has 0 aliphatic heterocycles. The average molecular weight is 425 g/mol. The van der Waals surface area contributed by atoms with Crippen molar-refractivity contribution in [1.29, 1.82) is 0 Å². The molecular weight excluding hydrogens is 402 g/mol. The fraction of sp³-hybridized carbons (Fsp3) is 0.500. The summed E-state index contributed by atoms with van der Waals surface area (Å²) in [7, 11) is -1.73. The van der Waals surface area contributed by atoms with E-state index in [2.05, 4.69) is 10.6 Å². The largest absolute Gasteiger partial charge is 0.355 e. The summed E-state index contributed by atoms with van der Waals surface area (Å²) in [6.07, 6.45) is 0.495. The van der Waals surface area contributed by atoms with Gasteiger partial charge in [0.05, 0.1) is 35.6 Å². The van der Waals surface area contributed by atoms with Crippen LogP contribution in [0, 0.1) is 0 Å². The van der Waals surface area contributed by atoms with E-state index in [9.17, 15) is 14.2 Å². The van der Waals surface area contributed by atoms with Gasteiger partial charge in [0.15, 0.2) is 0 Å². The molecule has 0 unspecified atom stereocenters. The van der Waals surface area contributed by atoms with Crippen molar-refractivity contribution in [2.24, 2.45) is 0 Å². The summed E-state index contributed by atoms with van der Waals surface area (Å²) in [6, 6.07) is 2.87. The second-order valence-electron chi connectivity index (χ2n) is 5.21. The number of hydrogen-bond acceptors (Lipinski definition) is 5. The highest BCUT2D eigenvalue weighted by atomic mass is 35.5. The summed E-state index contributed by atoms with van der Waals surface area (Å²) in [5.41, 5.74) is 0.339. The van der Waals surface area contributed by atoms with Gasteiger partial charge in [-0.3, -0.25) is 14.2 Å². The Labute approximate surface area is 163 Å². The summed E-state index contributed by atoms with van der Waals surface area (Å²) in [4.78, 5) is 24.2. The van der Waals surface area contributed by atoms with Gasteiger partial charge in [-0.1, -0.05) is 23.2 Å². The Morgan fingerprint density at radius 3 is 2.31 bits per heavy atom. The first-order valence-corrected chi connectivity index (χ1v) is 10.6. The topological polar surface area (TPSA) is 93.7 Å². The molecule has 0 aliphatic carbocycles. The number of nitrogens with one attached hydrogen (secondary N) is 2. The Balaban J connectivity index is 2.77. The third-order valence-electron chi connectivity index (χ3n) is 3.27. The summed E-state index contributed by atoms with van der Waals surface area (Å²) in [5.74, 6) is -0.813. The summed E-state index contributed by atoms with van der Waals surface area (Å²) in [6.45, 7) is 3.98. The summed E-state index contributed by atoms with van der Waals surface area (Å²) in [5, 5.41) is 5.49. The van der Waals surface area contributed by atoms with Gasteiger partial charge in [0.25, 0.3) is 5.91 Å². The zero-order valence-electron chi connectivity index (χ0n) is 14.9. The van der Waals surface area contributed by atoms with Crippen molar-refractivity contribution in [3.8, 4) is 0 Å². The molecule has 7 nitrogen and oxygen atoms in total. The predicted octanol–water partition coefficient (Wildman–Crippen LogP) is 4.34. The van der Waals surface area contributed by atoms with Crippen LogP contribution in [0.4, 0.5) is 5.69 Å². The highest BCUT2D eigenvalue weighted by Gasteiger charge is 2.23. The van der Waals surface area contributed by atoms with E-state index in [0.29, 0.717) is 6.42 Å². The molecule has 0 aliphatic rings. The first-order chi connectivity index (χ1) is 12.3. The zero-order valence-corrected chi connectivity index (χ0v) is 17.3. The lowest BCUT2D eigenvalue weighted by atomic mass is 10.1. The normalized spacial score (nSPS) is 11.3. The molecule has 0 spiro atoms. The molecule has 26 heavy (non-hydrogen) atoms. The second-order valence-corrected chi connectivity index (χ2v) is 8.24. The van der Waals surface area contributed by atoms with Crippen molar-refractivity contribution in [1.82, 2.24) is 5.32 Å². The molecule has 2 N–H and O–H groups in total. The molecule has 0 bridgehead atoms. The van der Waals surface area contributed by atoms with Gasteiger partial charge in [0.2, 0.25) is 5.91 Å². The van der Waals surface area contributed by atoms with E-state index in [4.69, 9.17) is 32.2 Å². The van der Waals surface area contributed by atoms with E-state index in [1.165, 1.54) is 19.2 Å². The molecule has 146 valence electrons. The average Bonchev–Trinajstić information content (AvgIpc) is 2.54. The molecule has 0 saturated heterocycles. The van der Waals surface area contributed by atoms with E-state index in [-0.39, 0.29) is 53.0 Å². The Morgan fingerprint density at radius 1 is 1.15 bits per heavy atom. The Bertz CT molecular complexity index is 689. The van der Waals surface area contributed by atoms with Crippen LogP contribution in [0.25, 0.3) is 0 Å². The molecule has 2 amide bonds. The molecule has 1 aromatic carbocycles. The minimum Gasteiger partial charge on any atom is -0.355 e. The number of carbonyl (C=O) groups is 2. The smallest absolute Gasteiger partial charge is 0.330 e. The minimum absolute atomic E-state index is 0.0709. The molecule has 1 aromatic rings. The summed E-state index contributed by atoms with van der Waals surface area (Å²) >= 11 is 12.0. The lowest BCUT2D eigenvalue weighted by molar-refractivity contribution is -0.116. The Kier molecular flexibility index (Phi) is 9.61. The van der Waals surface area contributed by atoms with Crippen LogP contribution in [0.2, 0.25) is 10.0 Å². The van der Waals surface area contributed by atoms with Gasteiger partial charge >= 0.3 is 7.60 Å². The molecule has 10 heteroatoms. The molecule has 0 saturated carbocycles. The van der Waals surface area contributed by atoms with Gasteiger partial charge in [-0.25, -0.2) is 0 Å². The van der Waals surface area contributed by atoms with Gasteiger partial charge in [0, 0.05) is 18.5 Å². The highest BCUT2D eigenvalue weighted by molar-refractivity contribution is 7.53. The van der Waals surface area contributed by atoms with Crippen LogP contribution < -0.4 is 10.6 Å². The van der Waals surface area contributed by atoms with Crippen LogP contribution in [0.15, 0.2) is 12.1 Å². The SMILES string of the molecule is CCOP(=O)(CCCC(=O)Nc1cc(Cl)cc(Cl)c1C(=O)NC)OCC. The highest BCUT2D eigenvalue weighted by Crippen LogP contribution is 2.48. The van der Waals surface area contributed by atoms with Crippen molar-refractivity contribution in [2.75, 3.05) is 31.7 Å². The Hall–Kier alpha value is -1.11. The lowest BCUT2D eigenvalue weighted by Crippen LogP contribution is -2.22. The zero-order chi connectivity index (χ0) is 19.7. The fourth-order valence-electron chi connectivity index (χ4n) is 2.23. The maximum absolute atomic E-state index is 12.4. The Morgan fingerprint density at radius 2 is 1.77 bits per heavy atom. The lowest BCUT2D eigenvalue weighted by Gasteiger charge is -2.17. The number of carbonyl (C=O) groups excluding carboxylic acids is 2. The van der Waals surface area contributed by atoms with Gasteiger partial charge in [0.1, 0.15) is 0 Å². The number of halogens is 2. The van der Waals surface area contributed by atoms with Crippen molar-refractivity contribution in [3.05, 3.63) is 27.7 Å². The quantitative estimate of drug-likeness (QED) is 0.544.